The van der Waals surface area contributed by atoms with Crippen molar-refractivity contribution in [2.75, 3.05) is 6.61 Å². The topological polar surface area (TPSA) is 63.0 Å². The molecular formula is C7H6N2O2S. The number of carbonyl (C=O) groups excluding carboxylic acids is 1. The van der Waals surface area contributed by atoms with E-state index in [0.717, 1.165) is 0 Å². The van der Waals surface area contributed by atoms with E-state index in [1.165, 1.54) is 11.3 Å². The summed E-state index contributed by atoms with van der Waals surface area (Å²) in [6.45, 7) is 0.132. The minimum absolute atomic E-state index is 0.132. The summed E-state index contributed by atoms with van der Waals surface area (Å²) >= 11 is 1.33. The second-order valence-corrected chi connectivity index (χ2v) is 2.64. The van der Waals surface area contributed by atoms with Crippen LogP contribution in [0.1, 0.15) is 16.9 Å². The molecular weight excluding hydrogens is 176 g/mol. The smallest absolute Gasteiger partial charge is 0.357 e. The van der Waals surface area contributed by atoms with Crippen molar-refractivity contribution in [3.63, 3.8) is 0 Å². The summed E-state index contributed by atoms with van der Waals surface area (Å²) in [7, 11) is 0. The van der Waals surface area contributed by atoms with Crippen LogP contribution in [0.2, 0.25) is 0 Å². The Bertz CT molecular complexity index is 289. The molecule has 0 spiro atoms. The third-order valence-corrected chi connectivity index (χ3v) is 1.67. The molecule has 1 rings (SSSR count). The number of carbonyl (C=O) groups is 1. The summed E-state index contributed by atoms with van der Waals surface area (Å²) in [5.74, 6) is -0.466. The first kappa shape index (κ1) is 8.68. The first-order valence-corrected chi connectivity index (χ1v) is 4.21. The summed E-state index contributed by atoms with van der Waals surface area (Å²) in [4.78, 5) is 14.7. The van der Waals surface area contributed by atoms with Gasteiger partial charge in [-0.2, -0.15) is 5.26 Å². The Morgan fingerprint density at radius 2 is 2.67 bits per heavy atom. The van der Waals surface area contributed by atoms with Crippen LogP contribution in [-0.2, 0) is 4.74 Å². The summed E-state index contributed by atoms with van der Waals surface area (Å²) < 4.78 is 4.71. The molecule has 0 aliphatic heterocycles. The minimum atomic E-state index is -0.466. The van der Waals surface area contributed by atoms with E-state index in [0.29, 0.717) is 5.69 Å². The van der Waals surface area contributed by atoms with Crippen molar-refractivity contribution in [3.05, 3.63) is 16.6 Å². The van der Waals surface area contributed by atoms with Gasteiger partial charge in [0.15, 0.2) is 5.69 Å². The highest BCUT2D eigenvalue weighted by atomic mass is 32.1. The Balaban J connectivity index is 2.36. The zero-order valence-corrected chi connectivity index (χ0v) is 7.00. The Morgan fingerprint density at radius 1 is 1.83 bits per heavy atom. The lowest BCUT2D eigenvalue weighted by Gasteiger charge is -1.97. The molecule has 0 amide bonds. The molecule has 0 N–H and O–H groups in total. The second kappa shape index (κ2) is 4.46. The average molecular weight is 182 g/mol. The maximum absolute atomic E-state index is 11.0. The number of nitrogens with zero attached hydrogens (tertiary/aromatic N) is 2. The SMILES string of the molecule is N#CCCOC(=O)c1cscn1. The number of esters is 1. The molecule has 0 aromatic carbocycles. The van der Waals surface area contributed by atoms with E-state index in [1.54, 1.807) is 10.9 Å². The number of hydrogen-bond acceptors (Lipinski definition) is 5. The van der Waals surface area contributed by atoms with Crippen molar-refractivity contribution < 1.29 is 9.53 Å². The van der Waals surface area contributed by atoms with Crippen LogP contribution >= 0.6 is 11.3 Å². The number of ether oxygens (including phenoxy) is 1. The first-order valence-electron chi connectivity index (χ1n) is 3.27. The third-order valence-electron chi connectivity index (χ3n) is 1.09. The maximum atomic E-state index is 11.0. The van der Waals surface area contributed by atoms with Crippen LogP contribution in [0, 0.1) is 11.3 Å². The molecule has 0 saturated heterocycles. The largest absolute Gasteiger partial charge is 0.460 e. The zero-order valence-electron chi connectivity index (χ0n) is 6.19. The van der Waals surface area contributed by atoms with Gasteiger partial charge in [0.1, 0.15) is 6.61 Å². The second-order valence-electron chi connectivity index (χ2n) is 1.92. The molecule has 0 fully saturated rings. The van der Waals surface area contributed by atoms with Gasteiger partial charge in [0, 0.05) is 5.38 Å². The molecule has 0 unspecified atom stereocenters. The summed E-state index contributed by atoms with van der Waals surface area (Å²) in [6.07, 6.45) is 0.218. The van der Waals surface area contributed by atoms with Crippen molar-refractivity contribution in [3.8, 4) is 6.07 Å². The van der Waals surface area contributed by atoms with Crippen LogP contribution in [0.15, 0.2) is 10.9 Å². The number of aromatic nitrogens is 1. The molecule has 0 aliphatic rings. The van der Waals surface area contributed by atoms with Gasteiger partial charge in [0.2, 0.25) is 0 Å². The van der Waals surface area contributed by atoms with Crippen molar-refractivity contribution >= 4 is 17.3 Å². The zero-order chi connectivity index (χ0) is 8.81. The standard InChI is InChI=1S/C7H6N2O2S/c8-2-1-3-11-7(10)6-4-12-5-9-6/h4-5H,1,3H2. The lowest BCUT2D eigenvalue weighted by molar-refractivity contribution is 0.0507. The van der Waals surface area contributed by atoms with Gasteiger partial charge in [-0.15, -0.1) is 11.3 Å². The van der Waals surface area contributed by atoms with E-state index in [-0.39, 0.29) is 13.0 Å². The number of hydrogen-bond donors (Lipinski definition) is 0. The number of nitriles is 1. The quantitative estimate of drug-likeness (QED) is 0.520. The van der Waals surface area contributed by atoms with Crippen LogP contribution in [0.3, 0.4) is 0 Å². The van der Waals surface area contributed by atoms with Crippen molar-refractivity contribution in [2.45, 2.75) is 6.42 Å². The van der Waals surface area contributed by atoms with Gasteiger partial charge >= 0.3 is 5.97 Å². The van der Waals surface area contributed by atoms with Crippen LogP contribution in [-0.4, -0.2) is 17.6 Å². The Labute approximate surface area is 73.4 Å². The molecule has 12 heavy (non-hydrogen) atoms. The molecule has 0 saturated carbocycles. The third kappa shape index (κ3) is 2.32. The summed E-state index contributed by atoms with van der Waals surface area (Å²) in [5.41, 5.74) is 1.86. The van der Waals surface area contributed by atoms with Gasteiger partial charge in [-0.1, -0.05) is 0 Å². The fraction of sp³-hybridized carbons (Fsp3) is 0.286. The lowest BCUT2D eigenvalue weighted by Crippen LogP contribution is -2.05. The molecule has 0 aliphatic carbocycles. The Morgan fingerprint density at radius 3 is 3.25 bits per heavy atom. The number of rotatable bonds is 3. The highest BCUT2D eigenvalue weighted by Gasteiger charge is 2.07. The normalized spacial score (nSPS) is 8.92. The highest BCUT2D eigenvalue weighted by Crippen LogP contribution is 2.02. The van der Waals surface area contributed by atoms with Crippen molar-refractivity contribution in [1.29, 1.82) is 5.26 Å². The van der Waals surface area contributed by atoms with E-state index in [9.17, 15) is 4.79 Å². The van der Waals surface area contributed by atoms with E-state index in [2.05, 4.69) is 4.98 Å². The molecule has 5 heteroatoms. The predicted octanol–water partition coefficient (Wildman–Crippen LogP) is 1.21. The Kier molecular flexibility index (Phi) is 3.23. The molecule has 1 heterocycles. The van der Waals surface area contributed by atoms with Gasteiger partial charge in [-0.05, 0) is 0 Å². The lowest BCUT2D eigenvalue weighted by atomic mass is 10.5. The molecule has 1 aromatic heterocycles. The fourth-order valence-corrected chi connectivity index (χ4v) is 1.10. The van der Waals surface area contributed by atoms with Crippen molar-refractivity contribution in [1.82, 2.24) is 4.98 Å². The van der Waals surface area contributed by atoms with Gasteiger partial charge in [0.25, 0.3) is 0 Å². The van der Waals surface area contributed by atoms with Crippen LogP contribution in [0.5, 0.6) is 0 Å². The van der Waals surface area contributed by atoms with Gasteiger partial charge in [-0.25, -0.2) is 9.78 Å². The van der Waals surface area contributed by atoms with E-state index in [1.807, 2.05) is 6.07 Å². The van der Waals surface area contributed by atoms with E-state index in [4.69, 9.17) is 10.00 Å². The minimum Gasteiger partial charge on any atom is -0.460 e. The average Bonchev–Trinajstić information content (AvgIpc) is 2.56. The first-order chi connectivity index (χ1) is 5.84. The number of thiazole rings is 1. The summed E-state index contributed by atoms with van der Waals surface area (Å²) in [5, 5.41) is 9.76. The van der Waals surface area contributed by atoms with Gasteiger partial charge < -0.3 is 4.74 Å². The highest BCUT2D eigenvalue weighted by molar-refractivity contribution is 7.07. The van der Waals surface area contributed by atoms with Crippen LogP contribution in [0.4, 0.5) is 0 Å². The monoisotopic (exact) mass is 182 g/mol. The molecule has 0 bridgehead atoms. The molecule has 1 aromatic rings. The van der Waals surface area contributed by atoms with E-state index >= 15 is 0 Å². The van der Waals surface area contributed by atoms with Gasteiger partial charge in [0.05, 0.1) is 18.0 Å². The van der Waals surface area contributed by atoms with E-state index < -0.39 is 5.97 Å². The summed E-state index contributed by atoms with van der Waals surface area (Å²) in [6, 6.07) is 1.87. The molecule has 0 atom stereocenters. The van der Waals surface area contributed by atoms with Crippen LogP contribution in [0.25, 0.3) is 0 Å². The Hall–Kier alpha value is -1.41. The van der Waals surface area contributed by atoms with Crippen molar-refractivity contribution in [2.24, 2.45) is 0 Å². The maximum Gasteiger partial charge on any atom is 0.357 e. The molecule has 0 radical (unpaired) electrons. The van der Waals surface area contributed by atoms with Crippen LogP contribution < -0.4 is 0 Å². The molecule has 4 nitrogen and oxygen atoms in total. The molecule has 62 valence electrons. The van der Waals surface area contributed by atoms with Gasteiger partial charge in [-0.3, -0.25) is 0 Å². The predicted molar refractivity (Wildman–Crippen MR) is 42.6 cm³/mol. The fourth-order valence-electron chi connectivity index (χ4n) is 0.577.